The van der Waals surface area contributed by atoms with Gasteiger partial charge in [0.1, 0.15) is 6.29 Å². The van der Waals surface area contributed by atoms with Crippen molar-refractivity contribution < 1.29 is 4.79 Å². The van der Waals surface area contributed by atoms with Crippen molar-refractivity contribution in [1.82, 2.24) is 0 Å². The summed E-state index contributed by atoms with van der Waals surface area (Å²) in [7, 11) is 0. The SMILES string of the molecule is O=CC(Cl)CBr. The molecule has 0 radical (unpaired) electrons. The van der Waals surface area contributed by atoms with Gasteiger partial charge < -0.3 is 4.79 Å². The number of alkyl halides is 2. The topological polar surface area (TPSA) is 17.1 Å². The quantitative estimate of drug-likeness (QED) is 0.451. The van der Waals surface area contributed by atoms with Crippen LogP contribution in [-0.2, 0) is 4.79 Å². The molecule has 0 saturated heterocycles. The van der Waals surface area contributed by atoms with Crippen LogP contribution in [-0.4, -0.2) is 17.0 Å². The molecule has 0 aliphatic heterocycles. The zero-order valence-corrected chi connectivity index (χ0v) is 5.37. The highest BCUT2D eigenvalue weighted by Gasteiger charge is 1.93. The zero-order chi connectivity index (χ0) is 4.99. The normalized spacial score (nSPS) is 13.7. The first-order valence-corrected chi connectivity index (χ1v) is 3.02. The predicted molar refractivity (Wildman–Crippen MR) is 29.5 cm³/mol. The number of hydrogen-bond donors (Lipinski definition) is 0. The lowest BCUT2D eigenvalue weighted by molar-refractivity contribution is -0.107. The first-order chi connectivity index (χ1) is 2.81. The van der Waals surface area contributed by atoms with E-state index < -0.39 is 0 Å². The molecule has 0 aromatic heterocycles. The third-order valence-corrected chi connectivity index (χ3v) is 1.62. The molecule has 0 spiro atoms. The van der Waals surface area contributed by atoms with E-state index in [1.54, 1.807) is 0 Å². The van der Waals surface area contributed by atoms with Gasteiger partial charge >= 0.3 is 0 Å². The summed E-state index contributed by atoms with van der Waals surface area (Å²) in [6.07, 6.45) is 0.691. The van der Waals surface area contributed by atoms with E-state index in [0.29, 0.717) is 11.6 Å². The fourth-order valence-electron chi connectivity index (χ4n) is 0.0364. The first kappa shape index (κ1) is 6.44. The van der Waals surface area contributed by atoms with Gasteiger partial charge in [-0.3, -0.25) is 0 Å². The minimum absolute atomic E-state index is 0.356. The van der Waals surface area contributed by atoms with E-state index in [1.165, 1.54) is 0 Å². The van der Waals surface area contributed by atoms with E-state index in [2.05, 4.69) is 15.9 Å². The molecule has 0 aliphatic rings. The van der Waals surface area contributed by atoms with Gasteiger partial charge in [0.25, 0.3) is 0 Å². The summed E-state index contributed by atoms with van der Waals surface area (Å²) in [5.74, 6) is 0. The molecule has 36 valence electrons. The lowest BCUT2D eigenvalue weighted by atomic mass is 10.6. The van der Waals surface area contributed by atoms with Crippen LogP contribution in [0.25, 0.3) is 0 Å². The molecule has 1 nitrogen and oxygen atoms in total. The molecule has 1 atom stereocenters. The van der Waals surface area contributed by atoms with Crippen LogP contribution < -0.4 is 0 Å². The molecule has 0 N–H and O–H groups in total. The van der Waals surface area contributed by atoms with E-state index in [0.717, 1.165) is 0 Å². The van der Waals surface area contributed by atoms with Gasteiger partial charge in [-0.05, 0) is 0 Å². The Balaban J connectivity index is 2.96. The summed E-state index contributed by atoms with van der Waals surface area (Å²) < 4.78 is 0. The number of carbonyl (C=O) groups excluding carboxylic acids is 1. The maximum atomic E-state index is 9.57. The van der Waals surface area contributed by atoms with Crippen molar-refractivity contribution in [2.45, 2.75) is 5.38 Å². The van der Waals surface area contributed by atoms with E-state index in [9.17, 15) is 4.79 Å². The molecule has 0 bridgehead atoms. The minimum atomic E-state index is -0.356. The standard InChI is InChI=1S/C3H4BrClO/c4-1-3(5)2-6/h2-3H,1H2. The molecular weight excluding hydrogens is 167 g/mol. The van der Waals surface area contributed by atoms with Crippen LogP contribution in [0.3, 0.4) is 0 Å². The van der Waals surface area contributed by atoms with Crippen molar-refractivity contribution in [2.75, 3.05) is 5.33 Å². The van der Waals surface area contributed by atoms with Crippen molar-refractivity contribution >= 4 is 33.8 Å². The van der Waals surface area contributed by atoms with Gasteiger partial charge in [0.2, 0.25) is 0 Å². The Morgan fingerprint density at radius 2 is 2.50 bits per heavy atom. The van der Waals surface area contributed by atoms with Crippen molar-refractivity contribution in [2.24, 2.45) is 0 Å². The molecule has 3 heteroatoms. The fraction of sp³-hybridized carbons (Fsp3) is 0.667. The van der Waals surface area contributed by atoms with E-state index in [-0.39, 0.29) is 5.38 Å². The maximum Gasteiger partial charge on any atom is 0.138 e. The molecule has 0 rings (SSSR count). The molecule has 6 heavy (non-hydrogen) atoms. The molecule has 0 amide bonds. The predicted octanol–water partition coefficient (Wildman–Crippen LogP) is 1.19. The average molecular weight is 171 g/mol. The molecule has 0 aliphatic carbocycles. The largest absolute Gasteiger partial charge is 0.302 e. The molecule has 0 aromatic rings. The van der Waals surface area contributed by atoms with E-state index in [1.807, 2.05) is 0 Å². The van der Waals surface area contributed by atoms with Gasteiger partial charge in [-0.15, -0.1) is 11.6 Å². The van der Waals surface area contributed by atoms with Crippen LogP contribution in [0, 0.1) is 0 Å². The average Bonchev–Trinajstić information content (AvgIpc) is 1.65. The van der Waals surface area contributed by atoms with Crippen molar-refractivity contribution in [1.29, 1.82) is 0 Å². The Kier molecular flexibility index (Phi) is 3.89. The van der Waals surface area contributed by atoms with Gasteiger partial charge in [0.15, 0.2) is 0 Å². The Labute approximate surface area is 49.8 Å². The molecule has 0 heterocycles. The van der Waals surface area contributed by atoms with Crippen molar-refractivity contribution in [3.05, 3.63) is 0 Å². The van der Waals surface area contributed by atoms with Gasteiger partial charge in [0, 0.05) is 5.33 Å². The molecular formula is C3H4BrClO. The highest BCUT2D eigenvalue weighted by atomic mass is 79.9. The van der Waals surface area contributed by atoms with Gasteiger partial charge in [-0.25, -0.2) is 0 Å². The number of rotatable bonds is 2. The monoisotopic (exact) mass is 170 g/mol. The highest BCUT2D eigenvalue weighted by molar-refractivity contribution is 9.09. The van der Waals surface area contributed by atoms with Crippen LogP contribution in [0.15, 0.2) is 0 Å². The summed E-state index contributed by atoms with van der Waals surface area (Å²) in [5, 5.41) is 0.183. The van der Waals surface area contributed by atoms with Crippen molar-refractivity contribution in [3.8, 4) is 0 Å². The first-order valence-electron chi connectivity index (χ1n) is 1.46. The second kappa shape index (κ2) is 3.62. The fourth-order valence-corrected chi connectivity index (χ4v) is 0.189. The second-order valence-corrected chi connectivity index (χ2v) is 2.01. The summed E-state index contributed by atoms with van der Waals surface area (Å²) in [6.45, 7) is 0. The van der Waals surface area contributed by atoms with Crippen LogP contribution in [0.1, 0.15) is 0 Å². The smallest absolute Gasteiger partial charge is 0.138 e. The van der Waals surface area contributed by atoms with Crippen LogP contribution >= 0.6 is 27.5 Å². The Morgan fingerprint density at radius 3 is 2.50 bits per heavy atom. The number of halogens is 2. The highest BCUT2D eigenvalue weighted by Crippen LogP contribution is 1.93. The van der Waals surface area contributed by atoms with Crippen molar-refractivity contribution in [3.63, 3.8) is 0 Å². The van der Waals surface area contributed by atoms with Gasteiger partial charge in [-0.1, -0.05) is 15.9 Å². The van der Waals surface area contributed by atoms with Crippen LogP contribution in [0.2, 0.25) is 0 Å². The lowest BCUT2D eigenvalue weighted by Crippen LogP contribution is -1.98. The maximum absolute atomic E-state index is 9.57. The molecule has 1 unspecified atom stereocenters. The third-order valence-electron chi connectivity index (χ3n) is 0.295. The summed E-state index contributed by atoms with van der Waals surface area (Å²) in [6, 6.07) is 0. The van der Waals surface area contributed by atoms with Crippen LogP contribution in [0.5, 0.6) is 0 Å². The summed E-state index contributed by atoms with van der Waals surface area (Å²) in [5.41, 5.74) is 0. The van der Waals surface area contributed by atoms with Crippen LogP contribution in [0.4, 0.5) is 0 Å². The number of carbonyl (C=O) groups is 1. The minimum Gasteiger partial charge on any atom is -0.302 e. The number of aldehydes is 1. The zero-order valence-electron chi connectivity index (χ0n) is 3.03. The van der Waals surface area contributed by atoms with E-state index in [4.69, 9.17) is 11.6 Å². The molecule has 0 aromatic carbocycles. The Bertz CT molecular complexity index is 48.1. The van der Waals surface area contributed by atoms with Gasteiger partial charge in [-0.2, -0.15) is 0 Å². The molecule has 0 saturated carbocycles. The van der Waals surface area contributed by atoms with Gasteiger partial charge in [0.05, 0.1) is 5.38 Å². The molecule has 0 fully saturated rings. The van der Waals surface area contributed by atoms with E-state index >= 15 is 0 Å². The summed E-state index contributed by atoms with van der Waals surface area (Å²) in [4.78, 5) is 9.57. The summed E-state index contributed by atoms with van der Waals surface area (Å²) >= 11 is 8.25. The third kappa shape index (κ3) is 2.67. The second-order valence-electron chi connectivity index (χ2n) is 0.806. The number of hydrogen-bond acceptors (Lipinski definition) is 1. The Morgan fingerprint density at radius 1 is 2.00 bits per heavy atom. The lowest BCUT2D eigenvalue weighted by Gasteiger charge is -1.85. The Hall–Kier alpha value is 0.440.